The summed E-state index contributed by atoms with van der Waals surface area (Å²) in [7, 11) is 0. The number of aromatic nitrogens is 1. The average Bonchev–Trinajstić information content (AvgIpc) is 3.44. The lowest BCUT2D eigenvalue weighted by Crippen LogP contribution is -2.33. The quantitative estimate of drug-likeness (QED) is 0.481. The van der Waals surface area contributed by atoms with Crippen molar-refractivity contribution < 1.29 is 9.59 Å². The maximum atomic E-state index is 13.4. The Morgan fingerprint density at radius 2 is 1.67 bits per heavy atom. The molecule has 2 bridgehead atoms. The van der Waals surface area contributed by atoms with E-state index in [9.17, 15) is 9.59 Å². The number of carbonyl (C=O) groups excluding carboxylic acids is 2. The highest BCUT2D eigenvalue weighted by Gasteiger charge is 2.64. The Hall–Kier alpha value is -2.27. The van der Waals surface area contributed by atoms with Crippen LogP contribution in [0.1, 0.15) is 50.5 Å². The van der Waals surface area contributed by atoms with E-state index < -0.39 is 0 Å². The molecule has 3 fully saturated rings. The van der Waals surface area contributed by atoms with Gasteiger partial charge in [-0.2, -0.15) is 0 Å². The van der Waals surface area contributed by atoms with E-state index >= 15 is 0 Å². The van der Waals surface area contributed by atoms with E-state index in [-0.39, 0.29) is 35.5 Å². The number of anilines is 1. The molecule has 1 aromatic heterocycles. The summed E-state index contributed by atoms with van der Waals surface area (Å²) >= 11 is 1.46. The largest absolute Gasteiger partial charge is 0.274 e. The Kier molecular flexibility index (Phi) is 4.69. The molecular formula is C25H28N2O2S. The van der Waals surface area contributed by atoms with Gasteiger partial charge < -0.3 is 0 Å². The highest BCUT2D eigenvalue weighted by atomic mass is 32.1. The molecule has 2 aromatic rings. The molecule has 5 rings (SSSR count). The predicted molar refractivity (Wildman–Crippen MR) is 120 cm³/mol. The van der Waals surface area contributed by atoms with Gasteiger partial charge in [0.2, 0.25) is 11.8 Å². The second-order valence-corrected chi connectivity index (χ2v) is 10.3. The minimum Gasteiger partial charge on any atom is -0.274 e. The van der Waals surface area contributed by atoms with Crippen molar-refractivity contribution in [2.24, 2.45) is 23.7 Å². The van der Waals surface area contributed by atoms with Crippen molar-refractivity contribution in [2.45, 2.75) is 53.4 Å². The van der Waals surface area contributed by atoms with Gasteiger partial charge in [0.15, 0.2) is 5.13 Å². The van der Waals surface area contributed by atoms with Gasteiger partial charge in [0, 0.05) is 10.4 Å². The summed E-state index contributed by atoms with van der Waals surface area (Å²) < 4.78 is 0. The minimum atomic E-state index is -0.179. The van der Waals surface area contributed by atoms with Crippen LogP contribution in [0.3, 0.4) is 0 Å². The van der Waals surface area contributed by atoms with Crippen LogP contribution in [-0.4, -0.2) is 16.8 Å². The van der Waals surface area contributed by atoms with Crippen LogP contribution in [0.2, 0.25) is 0 Å². The highest BCUT2D eigenvalue weighted by molar-refractivity contribution is 7.16. The van der Waals surface area contributed by atoms with Crippen molar-refractivity contribution >= 4 is 28.3 Å². The van der Waals surface area contributed by atoms with Gasteiger partial charge in [-0.25, -0.2) is 9.88 Å². The molecule has 5 heteroatoms. The third-order valence-corrected chi connectivity index (χ3v) is 8.13. The number of hydrogen-bond acceptors (Lipinski definition) is 4. The van der Waals surface area contributed by atoms with Crippen LogP contribution in [0.5, 0.6) is 0 Å². The molecule has 0 radical (unpaired) electrons. The van der Waals surface area contributed by atoms with E-state index in [1.165, 1.54) is 32.9 Å². The number of thiazole rings is 1. The summed E-state index contributed by atoms with van der Waals surface area (Å²) in [6.07, 6.45) is 4.26. The lowest BCUT2D eigenvalue weighted by molar-refractivity contribution is -0.123. The van der Waals surface area contributed by atoms with Crippen LogP contribution < -0.4 is 4.90 Å². The van der Waals surface area contributed by atoms with Gasteiger partial charge in [0.1, 0.15) is 0 Å². The number of fused-ring (bicyclic) bond motifs is 5. The molecular weight excluding hydrogens is 392 g/mol. The smallest absolute Gasteiger partial charge is 0.240 e. The summed E-state index contributed by atoms with van der Waals surface area (Å²) in [4.78, 5) is 34.0. The van der Waals surface area contributed by atoms with Crippen molar-refractivity contribution in [1.29, 1.82) is 0 Å². The Morgan fingerprint density at radius 3 is 2.20 bits per heavy atom. The Balaban J connectivity index is 1.47. The zero-order valence-electron chi connectivity index (χ0n) is 18.1. The zero-order chi connectivity index (χ0) is 21.2. The normalized spacial score (nSPS) is 27.3. The molecule has 30 heavy (non-hydrogen) atoms. The molecule has 0 N–H and O–H groups in total. The predicted octanol–water partition coefficient (Wildman–Crippen LogP) is 5.55. The third-order valence-electron chi connectivity index (χ3n) is 7.17. The molecule has 2 amide bonds. The molecule has 3 aliphatic rings. The Bertz CT molecular complexity index is 1030. The van der Waals surface area contributed by atoms with Crippen LogP contribution >= 0.6 is 11.3 Å². The SMILES string of the molecule is CCCc1ccc(-c2nc(N3C(=O)[C@@H]4[C@@H](C3=O)[C@H]3CC[C@H]4C3=C(C)C)sc2C)cc1. The first kappa shape index (κ1) is 19.7. The van der Waals surface area contributed by atoms with Crippen LogP contribution in [-0.2, 0) is 16.0 Å². The molecule has 0 unspecified atom stereocenters. The molecule has 156 valence electrons. The summed E-state index contributed by atoms with van der Waals surface area (Å²) in [5, 5.41) is 0.544. The molecule has 1 aromatic carbocycles. The minimum absolute atomic E-state index is 0.0328. The highest BCUT2D eigenvalue weighted by Crippen LogP contribution is 2.60. The van der Waals surface area contributed by atoms with Crippen LogP contribution in [0.15, 0.2) is 35.4 Å². The van der Waals surface area contributed by atoms with Crippen molar-refractivity contribution in [2.75, 3.05) is 4.90 Å². The lowest BCUT2D eigenvalue weighted by atomic mass is 9.81. The topological polar surface area (TPSA) is 50.3 Å². The molecule has 2 aliphatic carbocycles. The van der Waals surface area contributed by atoms with Crippen molar-refractivity contribution in [3.63, 3.8) is 0 Å². The maximum Gasteiger partial charge on any atom is 0.240 e. The van der Waals surface area contributed by atoms with Gasteiger partial charge in [-0.3, -0.25) is 9.59 Å². The number of hydrogen-bond donors (Lipinski definition) is 0. The standard InChI is InChI=1S/C25H28N2O2S/c1-5-6-15-7-9-16(10-8-15)22-14(4)30-25(26-22)27-23(28)20-17-11-12-18(19(17)13(2)3)21(20)24(27)29/h7-10,17-18,20-21H,5-6,11-12H2,1-4H3/t17-,18-,20-,21-/m0/s1. The summed E-state index contributed by atoms with van der Waals surface area (Å²) in [6, 6.07) is 8.49. The van der Waals surface area contributed by atoms with Gasteiger partial charge in [-0.05, 0) is 57.4 Å². The molecule has 4 atom stereocenters. The second kappa shape index (κ2) is 7.16. The van der Waals surface area contributed by atoms with E-state index in [1.54, 1.807) is 0 Å². The average molecular weight is 421 g/mol. The fourth-order valence-electron chi connectivity index (χ4n) is 6.04. The molecule has 4 nitrogen and oxygen atoms in total. The van der Waals surface area contributed by atoms with Gasteiger partial charge in [0.25, 0.3) is 0 Å². The number of benzene rings is 1. The number of rotatable bonds is 4. The van der Waals surface area contributed by atoms with E-state index in [0.717, 1.165) is 41.8 Å². The number of allylic oxidation sites excluding steroid dienone is 2. The first-order valence-electron chi connectivity index (χ1n) is 11.0. The third kappa shape index (κ3) is 2.74. The number of carbonyl (C=O) groups is 2. The van der Waals surface area contributed by atoms with E-state index in [2.05, 4.69) is 45.0 Å². The zero-order valence-corrected chi connectivity index (χ0v) is 18.9. The summed E-state index contributed by atoms with van der Waals surface area (Å²) in [5.41, 5.74) is 5.92. The summed E-state index contributed by atoms with van der Waals surface area (Å²) in [5.74, 6) is 0.0736. The fraction of sp³-hybridized carbons (Fsp3) is 0.480. The van der Waals surface area contributed by atoms with Crippen molar-refractivity contribution in [3.8, 4) is 11.3 Å². The number of aryl methyl sites for hydroxylation is 2. The molecule has 1 saturated heterocycles. The molecule has 2 saturated carbocycles. The van der Waals surface area contributed by atoms with E-state index in [1.807, 2.05) is 6.92 Å². The molecule has 0 spiro atoms. The first-order chi connectivity index (χ1) is 14.4. The number of nitrogens with zero attached hydrogens (tertiary/aromatic N) is 2. The Labute approximate surface area is 182 Å². The van der Waals surface area contributed by atoms with Gasteiger partial charge in [-0.1, -0.05) is 48.8 Å². The number of amides is 2. The van der Waals surface area contributed by atoms with Gasteiger partial charge in [-0.15, -0.1) is 11.3 Å². The second-order valence-electron chi connectivity index (χ2n) is 9.16. The monoisotopic (exact) mass is 420 g/mol. The van der Waals surface area contributed by atoms with Crippen LogP contribution in [0.25, 0.3) is 11.3 Å². The van der Waals surface area contributed by atoms with Crippen LogP contribution in [0.4, 0.5) is 5.13 Å². The van der Waals surface area contributed by atoms with Crippen molar-refractivity contribution in [3.05, 3.63) is 45.9 Å². The van der Waals surface area contributed by atoms with Gasteiger partial charge in [0.05, 0.1) is 17.5 Å². The molecule has 2 heterocycles. The van der Waals surface area contributed by atoms with Crippen LogP contribution in [0, 0.1) is 30.6 Å². The summed E-state index contributed by atoms with van der Waals surface area (Å²) in [6.45, 7) is 8.44. The first-order valence-corrected chi connectivity index (χ1v) is 11.9. The fourth-order valence-corrected chi connectivity index (χ4v) is 6.99. The lowest BCUT2D eigenvalue weighted by Gasteiger charge is -2.18. The maximum absolute atomic E-state index is 13.4. The molecule has 1 aliphatic heterocycles. The van der Waals surface area contributed by atoms with E-state index in [0.29, 0.717) is 5.13 Å². The number of imide groups is 1. The van der Waals surface area contributed by atoms with Crippen molar-refractivity contribution in [1.82, 2.24) is 4.98 Å². The Morgan fingerprint density at radius 1 is 1.07 bits per heavy atom. The van der Waals surface area contributed by atoms with E-state index in [4.69, 9.17) is 4.98 Å². The van der Waals surface area contributed by atoms with Gasteiger partial charge >= 0.3 is 0 Å².